The number of hydrogen-bond acceptors (Lipinski definition) is 6. The van der Waals surface area contributed by atoms with E-state index in [4.69, 9.17) is 22.1 Å². The van der Waals surface area contributed by atoms with Gasteiger partial charge in [0, 0.05) is 18.7 Å². The summed E-state index contributed by atoms with van der Waals surface area (Å²) >= 11 is 6.37. The molecule has 2 aromatic carbocycles. The van der Waals surface area contributed by atoms with Crippen LogP contribution >= 0.6 is 11.6 Å². The molecule has 0 unspecified atom stereocenters. The van der Waals surface area contributed by atoms with Crippen LogP contribution in [0, 0.1) is 5.82 Å². The Labute approximate surface area is 183 Å². The third kappa shape index (κ3) is 3.80. The predicted octanol–water partition coefficient (Wildman–Crippen LogP) is 4.45. The molecule has 0 spiro atoms. The number of benzene rings is 2. The summed E-state index contributed by atoms with van der Waals surface area (Å²) in [5.74, 6) is 0.435. The van der Waals surface area contributed by atoms with Crippen LogP contribution in [0.15, 0.2) is 48.5 Å². The van der Waals surface area contributed by atoms with Crippen molar-refractivity contribution in [1.29, 1.82) is 0 Å². The van der Waals surface area contributed by atoms with E-state index in [0.29, 0.717) is 51.3 Å². The van der Waals surface area contributed by atoms with Crippen LogP contribution < -0.4 is 11.1 Å². The number of halogens is 2. The molecule has 0 bridgehead atoms. The molecule has 7 nitrogen and oxygen atoms in total. The Hall–Kier alpha value is -3.23. The fourth-order valence-electron chi connectivity index (χ4n) is 3.72. The third-order valence-electron chi connectivity index (χ3n) is 5.28. The highest BCUT2D eigenvalue weighted by atomic mass is 35.5. The maximum absolute atomic E-state index is 13.5. The van der Waals surface area contributed by atoms with Crippen LogP contribution in [0.25, 0.3) is 28.0 Å². The van der Waals surface area contributed by atoms with Gasteiger partial charge in [-0.25, -0.2) is 14.1 Å². The molecule has 31 heavy (non-hydrogen) atoms. The van der Waals surface area contributed by atoms with Crippen molar-refractivity contribution in [1.82, 2.24) is 19.7 Å². The number of rotatable bonds is 5. The van der Waals surface area contributed by atoms with Crippen molar-refractivity contribution in [2.45, 2.75) is 18.9 Å². The Morgan fingerprint density at radius 1 is 1.16 bits per heavy atom. The highest BCUT2D eigenvalue weighted by molar-refractivity contribution is 6.32. The van der Waals surface area contributed by atoms with Gasteiger partial charge in [-0.1, -0.05) is 23.7 Å². The number of fused-ring (bicyclic) bond motifs is 1. The Balaban J connectivity index is 1.65. The van der Waals surface area contributed by atoms with Crippen LogP contribution in [-0.2, 0) is 4.74 Å². The zero-order valence-electron chi connectivity index (χ0n) is 16.6. The van der Waals surface area contributed by atoms with Gasteiger partial charge in [0.2, 0.25) is 5.95 Å². The molecule has 1 aliphatic rings. The lowest BCUT2D eigenvalue weighted by Gasteiger charge is -2.12. The highest BCUT2D eigenvalue weighted by Gasteiger charge is 2.21. The number of anilines is 2. The maximum atomic E-state index is 13.5. The first-order valence-corrected chi connectivity index (χ1v) is 10.4. The van der Waals surface area contributed by atoms with E-state index < -0.39 is 0 Å². The fourth-order valence-corrected chi connectivity index (χ4v) is 3.94. The molecule has 1 saturated heterocycles. The zero-order valence-corrected chi connectivity index (χ0v) is 17.3. The number of para-hydroxylation sites is 1. The Bertz CT molecular complexity index is 1240. The van der Waals surface area contributed by atoms with Crippen LogP contribution in [0.4, 0.5) is 16.2 Å². The molecule has 9 heteroatoms. The van der Waals surface area contributed by atoms with Crippen LogP contribution in [0.1, 0.15) is 12.8 Å². The zero-order chi connectivity index (χ0) is 21.4. The van der Waals surface area contributed by atoms with Gasteiger partial charge in [-0.2, -0.15) is 4.98 Å². The first-order chi connectivity index (χ1) is 15.1. The fraction of sp³-hybridized carbons (Fsp3) is 0.227. The number of nitrogens with one attached hydrogen (secondary N) is 1. The average Bonchev–Trinajstić information content (AvgIpc) is 3.41. The van der Waals surface area contributed by atoms with Crippen molar-refractivity contribution in [3.05, 3.63) is 59.4 Å². The number of nitrogens with zero attached hydrogens (tertiary/aromatic N) is 4. The molecule has 1 fully saturated rings. The smallest absolute Gasteiger partial charge is 0.225 e. The molecule has 4 aromatic rings. The predicted molar refractivity (Wildman–Crippen MR) is 119 cm³/mol. The lowest BCUT2D eigenvalue weighted by molar-refractivity contribution is 0.120. The second-order valence-corrected chi connectivity index (χ2v) is 7.77. The van der Waals surface area contributed by atoms with Crippen LogP contribution in [-0.4, -0.2) is 39.0 Å². The summed E-state index contributed by atoms with van der Waals surface area (Å²) in [5, 5.41) is 8.93. The Morgan fingerprint density at radius 2 is 1.97 bits per heavy atom. The van der Waals surface area contributed by atoms with Crippen molar-refractivity contribution in [2.24, 2.45) is 0 Å². The van der Waals surface area contributed by atoms with Gasteiger partial charge < -0.3 is 15.8 Å². The molecule has 0 saturated carbocycles. The van der Waals surface area contributed by atoms with E-state index in [1.807, 2.05) is 18.2 Å². The van der Waals surface area contributed by atoms with E-state index in [2.05, 4.69) is 20.4 Å². The van der Waals surface area contributed by atoms with Crippen LogP contribution in [0.3, 0.4) is 0 Å². The first kappa shape index (κ1) is 19.7. The molecule has 0 aliphatic carbocycles. The largest absolute Gasteiger partial charge is 0.383 e. The van der Waals surface area contributed by atoms with E-state index >= 15 is 0 Å². The van der Waals surface area contributed by atoms with Gasteiger partial charge >= 0.3 is 0 Å². The molecule has 1 atom stereocenters. The second kappa shape index (κ2) is 8.13. The second-order valence-electron chi connectivity index (χ2n) is 7.37. The molecule has 0 amide bonds. The molecule has 2 aromatic heterocycles. The van der Waals surface area contributed by atoms with Gasteiger partial charge in [-0.3, -0.25) is 0 Å². The SMILES string of the molecule is Nc1c2c(-c3ccc(F)cc3)nc(NC[C@@H]3CCCO3)nc2nn1-c1ccccc1Cl. The molecule has 158 valence electrons. The summed E-state index contributed by atoms with van der Waals surface area (Å²) < 4.78 is 20.7. The van der Waals surface area contributed by atoms with Crippen molar-refractivity contribution >= 4 is 34.4 Å². The van der Waals surface area contributed by atoms with Gasteiger partial charge in [0.05, 0.1) is 27.9 Å². The van der Waals surface area contributed by atoms with Gasteiger partial charge in [-0.05, 0) is 49.2 Å². The van der Waals surface area contributed by atoms with E-state index in [1.165, 1.54) is 12.1 Å². The summed E-state index contributed by atoms with van der Waals surface area (Å²) in [5.41, 5.74) is 8.81. The molecular formula is C22H20ClFN6O. The van der Waals surface area contributed by atoms with Gasteiger partial charge in [0.15, 0.2) is 5.65 Å². The van der Waals surface area contributed by atoms with Crippen LogP contribution in [0.2, 0.25) is 5.02 Å². The monoisotopic (exact) mass is 438 g/mol. The normalized spacial score (nSPS) is 16.1. The lowest BCUT2D eigenvalue weighted by Crippen LogP contribution is -2.19. The number of nitrogen functional groups attached to an aromatic ring is 1. The summed E-state index contributed by atoms with van der Waals surface area (Å²) in [6.07, 6.45) is 2.17. The lowest BCUT2D eigenvalue weighted by atomic mass is 10.1. The topological polar surface area (TPSA) is 90.9 Å². The number of nitrogens with two attached hydrogens (primary N) is 1. The van der Waals surface area contributed by atoms with E-state index in [0.717, 1.165) is 19.4 Å². The van der Waals surface area contributed by atoms with Crippen LogP contribution in [0.5, 0.6) is 0 Å². The Morgan fingerprint density at radius 3 is 2.71 bits per heavy atom. The standard InChI is InChI=1S/C22H20ClFN6O/c23-16-5-1-2-6-17(16)30-20(25)18-19(13-7-9-14(24)10-8-13)27-22(28-21(18)29-30)26-12-15-4-3-11-31-15/h1-2,5-10,15H,3-4,11-12,25H2,(H,26,28,29)/t15-/m0/s1. The number of hydrogen-bond donors (Lipinski definition) is 2. The van der Waals surface area contributed by atoms with Gasteiger partial charge in [0.25, 0.3) is 0 Å². The minimum absolute atomic E-state index is 0.124. The highest BCUT2D eigenvalue weighted by Crippen LogP contribution is 2.34. The minimum Gasteiger partial charge on any atom is -0.383 e. The first-order valence-electron chi connectivity index (χ1n) is 10.0. The van der Waals surface area contributed by atoms with Crippen molar-refractivity contribution in [2.75, 3.05) is 24.2 Å². The summed E-state index contributed by atoms with van der Waals surface area (Å²) in [7, 11) is 0. The summed E-state index contributed by atoms with van der Waals surface area (Å²) in [4.78, 5) is 9.26. The summed E-state index contributed by atoms with van der Waals surface area (Å²) in [6, 6.07) is 13.4. The van der Waals surface area contributed by atoms with Crippen molar-refractivity contribution < 1.29 is 9.13 Å². The van der Waals surface area contributed by atoms with E-state index in [1.54, 1.807) is 22.9 Å². The third-order valence-corrected chi connectivity index (χ3v) is 5.60. The van der Waals surface area contributed by atoms with Crippen molar-refractivity contribution in [3.8, 4) is 16.9 Å². The molecule has 3 N–H and O–H groups in total. The van der Waals surface area contributed by atoms with E-state index in [9.17, 15) is 4.39 Å². The molecule has 5 rings (SSSR count). The van der Waals surface area contributed by atoms with Gasteiger partial charge in [-0.15, -0.1) is 5.10 Å². The maximum Gasteiger partial charge on any atom is 0.225 e. The molecule has 3 heterocycles. The van der Waals surface area contributed by atoms with E-state index in [-0.39, 0.29) is 11.9 Å². The number of aromatic nitrogens is 4. The average molecular weight is 439 g/mol. The molecule has 1 aliphatic heterocycles. The quantitative estimate of drug-likeness (QED) is 0.478. The molecular weight excluding hydrogens is 419 g/mol. The molecule has 0 radical (unpaired) electrons. The number of ether oxygens (including phenoxy) is 1. The summed E-state index contributed by atoms with van der Waals surface area (Å²) in [6.45, 7) is 1.36. The van der Waals surface area contributed by atoms with Gasteiger partial charge in [0.1, 0.15) is 11.6 Å². The minimum atomic E-state index is -0.328. The van der Waals surface area contributed by atoms with Crippen molar-refractivity contribution in [3.63, 3.8) is 0 Å². The Kier molecular flexibility index (Phi) is 5.17.